The monoisotopic (exact) mass is 467 g/mol. The Morgan fingerprint density at radius 1 is 1.27 bits per heavy atom. The van der Waals surface area contributed by atoms with Gasteiger partial charge in [0, 0.05) is 17.8 Å². The smallest absolute Gasteiger partial charge is 0.254 e. The van der Waals surface area contributed by atoms with Crippen LogP contribution in [0.2, 0.25) is 0 Å². The fraction of sp³-hybridized carbons (Fsp3) is 0.174. The lowest BCUT2D eigenvalue weighted by molar-refractivity contribution is 0.0944. The highest BCUT2D eigenvalue weighted by molar-refractivity contribution is 7.88. The van der Waals surface area contributed by atoms with E-state index in [1.54, 1.807) is 47.4 Å². The molecule has 0 aliphatic carbocycles. The van der Waals surface area contributed by atoms with Crippen LogP contribution in [0.1, 0.15) is 16.8 Å². The third-order valence-electron chi connectivity index (χ3n) is 5.29. The molecule has 0 saturated carbocycles. The van der Waals surface area contributed by atoms with Gasteiger partial charge in [-0.05, 0) is 42.3 Å². The highest BCUT2D eigenvalue weighted by atomic mass is 32.2. The van der Waals surface area contributed by atoms with Crippen LogP contribution in [-0.2, 0) is 10.0 Å². The number of sulfonamides is 1. The van der Waals surface area contributed by atoms with Gasteiger partial charge in [-0.25, -0.2) is 17.5 Å². The Bertz CT molecular complexity index is 1380. The number of benzene rings is 1. The summed E-state index contributed by atoms with van der Waals surface area (Å²) < 4.78 is 39.5. The predicted octanol–water partition coefficient (Wildman–Crippen LogP) is 2.95. The highest BCUT2D eigenvalue weighted by Gasteiger charge is 2.22. The van der Waals surface area contributed by atoms with Crippen molar-refractivity contribution in [1.29, 1.82) is 0 Å². The van der Waals surface area contributed by atoms with Gasteiger partial charge in [0.2, 0.25) is 10.0 Å². The van der Waals surface area contributed by atoms with Crippen molar-refractivity contribution in [2.45, 2.75) is 12.5 Å². The number of hydrogen-bond donors (Lipinski definition) is 1. The van der Waals surface area contributed by atoms with E-state index in [2.05, 4.69) is 22.0 Å². The minimum absolute atomic E-state index is 0.190. The van der Waals surface area contributed by atoms with Gasteiger partial charge in [-0.3, -0.25) is 14.1 Å². The van der Waals surface area contributed by atoms with E-state index < -0.39 is 16.1 Å². The molecule has 33 heavy (non-hydrogen) atoms. The molecule has 1 N–H and O–H groups in total. The van der Waals surface area contributed by atoms with Crippen molar-refractivity contribution in [2.24, 2.45) is 0 Å². The zero-order valence-electron chi connectivity index (χ0n) is 17.8. The zero-order chi connectivity index (χ0) is 23.6. The topological polar surface area (TPSA) is 97.2 Å². The molecule has 0 fully saturated rings. The molecule has 10 heteroatoms. The first-order valence-corrected chi connectivity index (χ1v) is 12.0. The number of carbonyl (C=O) groups is 1. The molecule has 170 valence electrons. The van der Waals surface area contributed by atoms with Crippen molar-refractivity contribution < 1.29 is 17.6 Å². The Morgan fingerprint density at radius 2 is 2.03 bits per heavy atom. The van der Waals surface area contributed by atoms with Crippen molar-refractivity contribution in [3.05, 3.63) is 90.8 Å². The fourth-order valence-corrected chi connectivity index (χ4v) is 4.22. The van der Waals surface area contributed by atoms with Crippen molar-refractivity contribution in [1.82, 2.24) is 24.4 Å². The summed E-state index contributed by atoms with van der Waals surface area (Å²) >= 11 is 0. The molecule has 0 unspecified atom stereocenters. The Labute approximate surface area is 190 Å². The van der Waals surface area contributed by atoms with Crippen LogP contribution in [0.5, 0.6) is 0 Å². The Balaban J connectivity index is 1.60. The van der Waals surface area contributed by atoms with Gasteiger partial charge >= 0.3 is 0 Å². The van der Waals surface area contributed by atoms with E-state index in [0.29, 0.717) is 28.6 Å². The second kappa shape index (κ2) is 8.99. The largest absolute Gasteiger partial charge is 0.345 e. The van der Waals surface area contributed by atoms with Crippen LogP contribution in [0.4, 0.5) is 4.39 Å². The van der Waals surface area contributed by atoms with Gasteiger partial charge in [-0.2, -0.15) is 5.10 Å². The second-order valence-electron chi connectivity index (χ2n) is 7.56. The standard InChI is InChI=1S/C23H22FN5O3S/c1-3-4-21(16-9-11-28(12-10-16)33(2,31)32)27-23(30)20-13-25-15-22-19(20)14-26-29(22)18-7-5-17(24)6-8-18/h3,5-11,13-15,21H,1,4,12H2,2H3,(H,27,30)/t21-/m0/s1. The molecular formula is C23H22FN5O3S. The molecule has 1 atom stereocenters. The summed E-state index contributed by atoms with van der Waals surface area (Å²) in [5.74, 6) is -0.703. The average molecular weight is 468 g/mol. The van der Waals surface area contributed by atoms with Gasteiger partial charge in [0.05, 0.1) is 48.0 Å². The second-order valence-corrected chi connectivity index (χ2v) is 9.49. The van der Waals surface area contributed by atoms with E-state index in [9.17, 15) is 17.6 Å². The van der Waals surface area contributed by atoms with E-state index in [1.807, 2.05) is 0 Å². The first-order valence-electron chi connectivity index (χ1n) is 10.1. The number of nitrogens with one attached hydrogen (secondary N) is 1. The third kappa shape index (κ3) is 4.70. The SMILES string of the molecule is C=CC[C@H](NC(=O)c1cncc2c1cnn2-c1ccc(F)cc1)C1=CCN(S(C)(=O)=O)C=C1. The van der Waals surface area contributed by atoms with E-state index in [0.717, 1.165) is 11.8 Å². The summed E-state index contributed by atoms with van der Waals surface area (Å²) in [5.41, 5.74) is 2.37. The molecule has 3 aromatic rings. The number of fused-ring (bicyclic) bond motifs is 1. The molecule has 0 spiro atoms. The average Bonchev–Trinajstić information content (AvgIpc) is 3.23. The maximum atomic E-state index is 13.3. The molecule has 0 saturated heterocycles. The highest BCUT2D eigenvalue weighted by Crippen LogP contribution is 2.22. The van der Waals surface area contributed by atoms with Crippen LogP contribution in [0.3, 0.4) is 0 Å². The third-order valence-corrected chi connectivity index (χ3v) is 6.41. The molecule has 0 radical (unpaired) electrons. The van der Waals surface area contributed by atoms with Crippen LogP contribution in [0.15, 0.2) is 79.4 Å². The van der Waals surface area contributed by atoms with Gasteiger partial charge in [0.25, 0.3) is 5.91 Å². The molecule has 0 bridgehead atoms. The van der Waals surface area contributed by atoms with Crippen molar-refractivity contribution in [3.8, 4) is 5.69 Å². The number of amides is 1. The van der Waals surface area contributed by atoms with Crippen LogP contribution >= 0.6 is 0 Å². The first kappa shape index (κ1) is 22.4. The van der Waals surface area contributed by atoms with Crippen LogP contribution in [-0.4, -0.2) is 52.2 Å². The summed E-state index contributed by atoms with van der Waals surface area (Å²) in [5, 5.41) is 7.93. The van der Waals surface area contributed by atoms with E-state index in [1.165, 1.54) is 28.8 Å². The van der Waals surface area contributed by atoms with Crippen LogP contribution in [0.25, 0.3) is 16.6 Å². The van der Waals surface area contributed by atoms with Crippen LogP contribution < -0.4 is 5.32 Å². The predicted molar refractivity (Wildman–Crippen MR) is 124 cm³/mol. The number of halogens is 1. The summed E-state index contributed by atoms with van der Waals surface area (Å²) in [6, 6.07) is 5.47. The quantitative estimate of drug-likeness (QED) is 0.539. The number of aromatic nitrogens is 3. The molecule has 8 nitrogen and oxygen atoms in total. The zero-order valence-corrected chi connectivity index (χ0v) is 18.7. The molecule has 3 heterocycles. The molecule has 4 rings (SSSR count). The van der Waals surface area contributed by atoms with Crippen molar-refractivity contribution in [3.63, 3.8) is 0 Å². The molecule has 1 aliphatic rings. The number of carbonyl (C=O) groups excluding carboxylic acids is 1. The maximum Gasteiger partial charge on any atom is 0.254 e. The lowest BCUT2D eigenvalue weighted by atomic mass is 10.0. The van der Waals surface area contributed by atoms with Crippen molar-refractivity contribution >= 4 is 26.8 Å². The van der Waals surface area contributed by atoms with Crippen molar-refractivity contribution in [2.75, 3.05) is 12.8 Å². The minimum Gasteiger partial charge on any atom is -0.345 e. The van der Waals surface area contributed by atoms with Gasteiger partial charge in [0.15, 0.2) is 0 Å². The molecular weight excluding hydrogens is 445 g/mol. The van der Waals surface area contributed by atoms with Gasteiger partial charge < -0.3 is 5.32 Å². The lowest BCUT2D eigenvalue weighted by Gasteiger charge is -2.25. The minimum atomic E-state index is -3.34. The van der Waals surface area contributed by atoms with E-state index >= 15 is 0 Å². The molecule has 1 aliphatic heterocycles. The van der Waals surface area contributed by atoms with Crippen LogP contribution in [0, 0.1) is 5.82 Å². The Morgan fingerprint density at radius 3 is 2.67 bits per heavy atom. The number of pyridine rings is 1. The van der Waals surface area contributed by atoms with Gasteiger partial charge in [-0.1, -0.05) is 12.2 Å². The summed E-state index contributed by atoms with van der Waals surface area (Å²) in [6.07, 6.45) is 12.8. The summed E-state index contributed by atoms with van der Waals surface area (Å²) in [4.78, 5) is 17.4. The van der Waals surface area contributed by atoms with E-state index in [-0.39, 0.29) is 18.3 Å². The lowest BCUT2D eigenvalue weighted by Crippen LogP contribution is -2.37. The maximum absolute atomic E-state index is 13.3. The van der Waals surface area contributed by atoms with Gasteiger partial charge in [-0.15, -0.1) is 6.58 Å². The molecule has 1 aromatic carbocycles. The number of rotatable bonds is 7. The molecule has 2 aromatic heterocycles. The fourth-order valence-electron chi connectivity index (χ4n) is 3.59. The molecule has 1 amide bonds. The van der Waals surface area contributed by atoms with Gasteiger partial charge in [0.1, 0.15) is 5.82 Å². The number of hydrogen-bond acceptors (Lipinski definition) is 5. The summed E-state index contributed by atoms with van der Waals surface area (Å²) in [7, 11) is -3.34. The normalized spacial score (nSPS) is 14.7. The Kier molecular flexibility index (Phi) is 6.10. The van der Waals surface area contributed by atoms with E-state index in [4.69, 9.17) is 0 Å². The summed E-state index contributed by atoms with van der Waals surface area (Å²) in [6.45, 7) is 3.95. The first-order chi connectivity index (χ1) is 15.8. The Hall–Kier alpha value is -3.79. The number of nitrogens with zero attached hydrogens (tertiary/aromatic N) is 4.